The fourth-order valence-electron chi connectivity index (χ4n) is 4.70. The lowest BCUT2D eigenvalue weighted by Crippen LogP contribution is -2.54. The Morgan fingerprint density at radius 1 is 1.03 bits per heavy atom. The van der Waals surface area contributed by atoms with Crippen molar-refractivity contribution in [2.75, 3.05) is 59.4 Å². The van der Waals surface area contributed by atoms with Gasteiger partial charge in [-0.3, -0.25) is 14.7 Å². The van der Waals surface area contributed by atoms with E-state index in [2.05, 4.69) is 55.6 Å². The monoisotopic (exact) mass is 552 g/mol. The molecule has 2 aliphatic rings. The molecular weight excluding hydrogens is 515 g/mol. The van der Waals surface area contributed by atoms with Crippen molar-refractivity contribution in [1.82, 2.24) is 25.0 Å². The number of carbonyl (C=O) groups is 1. The van der Waals surface area contributed by atoms with E-state index >= 15 is 0 Å². The number of H-pyrrole nitrogens is 1. The average Bonchev–Trinajstić information content (AvgIpc) is 3.23. The summed E-state index contributed by atoms with van der Waals surface area (Å²) in [5, 5.41) is 4.85. The number of amides is 1. The number of para-hydroxylation sites is 1. The van der Waals surface area contributed by atoms with Crippen LogP contribution in [0.3, 0.4) is 0 Å². The number of hydrogen-bond acceptors (Lipinski definition) is 3. The fourth-order valence-corrected chi connectivity index (χ4v) is 4.70. The van der Waals surface area contributed by atoms with Crippen LogP contribution < -0.4 is 5.32 Å². The van der Waals surface area contributed by atoms with Gasteiger partial charge >= 0.3 is 0 Å². The van der Waals surface area contributed by atoms with Gasteiger partial charge < -0.3 is 20.1 Å². The number of benzene rings is 1. The molecule has 0 saturated carbocycles. The molecule has 1 amide bonds. The van der Waals surface area contributed by atoms with Crippen molar-refractivity contribution in [3.8, 4) is 0 Å². The largest absolute Gasteiger partial charge is 0.361 e. The summed E-state index contributed by atoms with van der Waals surface area (Å²) in [6.07, 6.45) is 7.80. The predicted molar refractivity (Wildman–Crippen MR) is 142 cm³/mol. The van der Waals surface area contributed by atoms with E-state index in [-0.39, 0.29) is 24.0 Å². The molecule has 0 unspecified atom stereocenters. The number of likely N-dealkylation sites (tertiary alicyclic amines) is 1. The molecule has 4 rings (SSSR count). The molecule has 1 aromatic heterocycles. The number of hydrogen-bond donors (Lipinski definition) is 2. The Kier molecular flexibility index (Phi) is 9.65. The first-order valence-corrected chi connectivity index (χ1v) is 11.8. The SMILES string of the molecule is CN=C(NCCCc1c[nH]c2ccccc12)N1CCN(CC(=O)N2CCCCC2)CC1.I. The molecule has 7 nitrogen and oxygen atoms in total. The third-order valence-electron chi connectivity index (χ3n) is 6.53. The first-order chi connectivity index (χ1) is 15.2. The molecule has 0 spiro atoms. The Morgan fingerprint density at radius 3 is 2.53 bits per heavy atom. The second-order valence-electron chi connectivity index (χ2n) is 8.64. The number of piperazine rings is 1. The maximum atomic E-state index is 12.5. The number of aliphatic imine (C=N–C) groups is 1. The Bertz CT molecular complexity index is 883. The van der Waals surface area contributed by atoms with Crippen molar-refractivity contribution in [2.24, 2.45) is 4.99 Å². The summed E-state index contributed by atoms with van der Waals surface area (Å²) >= 11 is 0. The molecule has 2 aliphatic heterocycles. The minimum absolute atomic E-state index is 0. The van der Waals surface area contributed by atoms with Crippen molar-refractivity contribution >= 4 is 46.7 Å². The van der Waals surface area contributed by atoms with E-state index in [0.717, 1.165) is 77.5 Å². The summed E-state index contributed by atoms with van der Waals surface area (Å²) in [4.78, 5) is 27.0. The van der Waals surface area contributed by atoms with Crippen LogP contribution in [0.2, 0.25) is 0 Å². The van der Waals surface area contributed by atoms with Crippen LogP contribution in [0.15, 0.2) is 35.5 Å². The maximum absolute atomic E-state index is 12.5. The summed E-state index contributed by atoms with van der Waals surface area (Å²) in [5.41, 5.74) is 2.58. The molecule has 32 heavy (non-hydrogen) atoms. The molecule has 0 radical (unpaired) electrons. The van der Waals surface area contributed by atoms with E-state index in [1.165, 1.54) is 22.9 Å². The van der Waals surface area contributed by atoms with Crippen molar-refractivity contribution < 1.29 is 4.79 Å². The molecule has 8 heteroatoms. The van der Waals surface area contributed by atoms with Gasteiger partial charge in [-0.15, -0.1) is 24.0 Å². The molecule has 0 bridgehead atoms. The number of nitrogens with zero attached hydrogens (tertiary/aromatic N) is 4. The summed E-state index contributed by atoms with van der Waals surface area (Å²) < 4.78 is 0. The first kappa shape index (κ1) is 24.8. The summed E-state index contributed by atoms with van der Waals surface area (Å²) in [7, 11) is 1.86. The van der Waals surface area contributed by atoms with Crippen molar-refractivity contribution in [1.29, 1.82) is 0 Å². The van der Waals surface area contributed by atoms with Crippen molar-refractivity contribution in [3.63, 3.8) is 0 Å². The second kappa shape index (κ2) is 12.4. The third-order valence-corrected chi connectivity index (χ3v) is 6.53. The van der Waals surface area contributed by atoms with Crippen LogP contribution in [0.4, 0.5) is 0 Å². The standard InChI is InChI=1S/C24H36N6O.HI/c1-25-24(26-11-7-8-20-18-27-22-10-4-3-9-21(20)22)30-16-14-28(15-17-30)19-23(31)29-12-5-2-6-13-29;/h3-4,9-10,18,27H,2,5-8,11-17,19H2,1H3,(H,25,26);1H. The highest BCUT2D eigenvalue weighted by Crippen LogP contribution is 2.18. The van der Waals surface area contributed by atoms with Gasteiger partial charge in [0, 0.05) is 70.0 Å². The van der Waals surface area contributed by atoms with E-state index in [9.17, 15) is 4.79 Å². The minimum atomic E-state index is 0. The Balaban J connectivity index is 0.00000289. The van der Waals surface area contributed by atoms with Crippen molar-refractivity contribution in [2.45, 2.75) is 32.1 Å². The molecule has 1 aromatic carbocycles. The Labute approximate surface area is 208 Å². The highest BCUT2D eigenvalue weighted by Gasteiger charge is 2.23. The van der Waals surface area contributed by atoms with Crippen LogP contribution in [0.5, 0.6) is 0 Å². The van der Waals surface area contributed by atoms with Gasteiger partial charge in [-0.2, -0.15) is 0 Å². The second-order valence-corrected chi connectivity index (χ2v) is 8.64. The number of nitrogens with one attached hydrogen (secondary N) is 2. The van der Waals surface area contributed by atoms with E-state index in [1.807, 2.05) is 11.9 Å². The van der Waals surface area contributed by atoms with Crippen LogP contribution >= 0.6 is 24.0 Å². The average molecular weight is 553 g/mol. The van der Waals surface area contributed by atoms with Gasteiger partial charge in [-0.05, 0) is 43.7 Å². The van der Waals surface area contributed by atoms with Gasteiger partial charge in [0.15, 0.2) is 5.96 Å². The Morgan fingerprint density at radius 2 is 1.78 bits per heavy atom. The summed E-state index contributed by atoms with van der Waals surface area (Å²) in [5.74, 6) is 1.27. The molecule has 0 aliphatic carbocycles. The molecule has 2 saturated heterocycles. The smallest absolute Gasteiger partial charge is 0.236 e. The molecule has 176 valence electrons. The zero-order valence-corrected chi connectivity index (χ0v) is 21.5. The van der Waals surface area contributed by atoms with Gasteiger partial charge in [0.25, 0.3) is 0 Å². The van der Waals surface area contributed by atoms with Crippen molar-refractivity contribution in [3.05, 3.63) is 36.0 Å². The number of rotatable bonds is 6. The lowest BCUT2D eigenvalue weighted by molar-refractivity contribution is -0.133. The molecule has 0 atom stereocenters. The molecule has 3 heterocycles. The number of carbonyl (C=O) groups excluding carboxylic acids is 1. The Hall–Kier alpha value is -1.81. The zero-order chi connectivity index (χ0) is 21.5. The molecular formula is C24H37IN6O. The lowest BCUT2D eigenvalue weighted by Gasteiger charge is -2.37. The number of piperidine rings is 1. The summed E-state index contributed by atoms with van der Waals surface area (Å²) in [6.45, 7) is 6.99. The predicted octanol–water partition coefficient (Wildman–Crippen LogP) is 2.92. The number of aryl methyl sites for hydroxylation is 1. The number of aromatic amines is 1. The third kappa shape index (κ3) is 6.37. The topological polar surface area (TPSA) is 67.0 Å². The molecule has 2 N–H and O–H groups in total. The number of guanidine groups is 1. The fraction of sp³-hybridized carbons (Fsp3) is 0.583. The number of aromatic nitrogens is 1. The van der Waals surface area contributed by atoms with E-state index in [0.29, 0.717) is 12.5 Å². The normalized spacial score (nSPS) is 18.0. The highest BCUT2D eigenvalue weighted by molar-refractivity contribution is 14.0. The van der Waals surface area contributed by atoms with Gasteiger partial charge in [0.1, 0.15) is 0 Å². The van der Waals surface area contributed by atoms with Crippen LogP contribution in [0, 0.1) is 0 Å². The quantitative estimate of drug-likeness (QED) is 0.251. The van der Waals surface area contributed by atoms with Gasteiger partial charge in [-0.1, -0.05) is 18.2 Å². The minimum Gasteiger partial charge on any atom is -0.361 e. The van der Waals surface area contributed by atoms with E-state index in [4.69, 9.17) is 0 Å². The zero-order valence-electron chi connectivity index (χ0n) is 19.2. The number of fused-ring (bicyclic) bond motifs is 1. The van der Waals surface area contributed by atoms with E-state index < -0.39 is 0 Å². The lowest BCUT2D eigenvalue weighted by atomic mass is 10.1. The summed E-state index contributed by atoms with van der Waals surface area (Å²) in [6, 6.07) is 8.47. The maximum Gasteiger partial charge on any atom is 0.236 e. The molecule has 2 aromatic rings. The van der Waals surface area contributed by atoms with E-state index in [1.54, 1.807) is 0 Å². The first-order valence-electron chi connectivity index (χ1n) is 11.8. The van der Waals surface area contributed by atoms with Crippen LogP contribution in [0.1, 0.15) is 31.2 Å². The van der Waals surface area contributed by atoms with Crippen LogP contribution in [-0.2, 0) is 11.2 Å². The van der Waals surface area contributed by atoms with Crippen LogP contribution in [-0.4, -0.2) is 91.0 Å². The van der Waals surface area contributed by atoms with Crippen LogP contribution in [0.25, 0.3) is 10.9 Å². The number of halogens is 1. The van der Waals surface area contributed by atoms with Gasteiger partial charge in [0.05, 0.1) is 6.54 Å². The van der Waals surface area contributed by atoms with Gasteiger partial charge in [0.2, 0.25) is 5.91 Å². The molecule has 2 fully saturated rings. The highest BCUT2D eigenvalue weighted by atomic mass is 127. The van der Waals surface area contributed by atoms with Gasteiger partial charge in [-0.25, -0.2) is 0 Å².